The van der Waals surface area contributed by atoms with Crippen molar-refractivity contribution in [3.63, 3.8) is 0 Å². The van der Waals surface area contributed by atoms with Crippen LogP contribution < -0.4 is 5.32 Å². The van der Waals surface area contributed by atoms with Gasteiger partial charge in [0.25, 0.3) is 0 Å². The number of ether oxygens (including phenoxy) is 1. The van der Waals surface area contributed by atoms with Crippen LogP contribution in [0.5, 0.6) is 0 Å². The van der Waals surface area contributed by atoms with Crippen molar-refractivity contribution in [2.24, 2.45) is 0 Å². The number of aromatic nitrogens is 2. The molecule has 0 bridgehead atoms. The van der Waals surface area contributed by atoms with Gasteiger partial charge in [-0.2, -0.15) is 0 Å². The lowest BCUT2D eigenvalue weighted by Gasteiger charge is -2.10. The van der Waals surface area contributed by atoms with E-state index in [1.165, 1.54) is 11.8 Å². The number of hydrogen-bond donors (Lipinski definition) is 1. The van der Waals surface area contributed by atoms with Crippen molar-refractivity contribution in [3.8, 4) is 0 Å². The Hall–Kier alpha value is -2.80. The Labute approximate surface area is 161 Å². The van der Waals surface area contributed by atoms with Gasteiger partial charge in [0.1, 0.15) is 12.3 Å². The summed E-state index contributed by atoms with van der Waals surface area (Å²) in [6.45, 7) is 3.91. The molecule has 1 N–H and O–H groups in total. The summed E-state index contributed by atoms with van der Waals surface area (Å²) in [5.41, 5.74) is 1.93. The van der Waals surface area contributed by atoms with Gasteiger partial charge in [0, 0.05) is 23.3 Å². The molecule has 2 aromatic heterocycles. The maximum Gasteiger partial charge on any atom is 0.339 e. The third-order valence-electron chi connectivity index (χ3n) is 3.68. The molecule has 7 heteroatoms. The Balaban J connectivity index is 1.63. The number of fused-ring (bicyclic) bond motifs is 1. The van der Waals surface area contributed by atoms with Gasteiger partial charge >= 0.3 is 5.97 Å². The fraction of sp³-hybridized carbons (Fsp3) is 0.250. The quantitative estimate of drug-likeness (QED) is 0.501. The molecule has 140 valence electrons. The zero-order valence-corrected chi connectivity index (χ0v) is 16.0. The smallest absolute Gasteiger partial charge is 0.339 e. The highest BCUT2D eigenvalue weighted by molar-refractivity contribution is 8.00. The molecule has 0 aliphatic rings. The number of carbonyl (C=O) groups excluding carboxylic acids is 2. The van der Waals surface area contributed by atoms with E-state index in [1.807, 2.05) is 61.0 Å². The first-order valence-corrected chi connectivity index (χ1v) is 9.62. The van der Waals surface area contributed by atoms with Crippen molar-refractivity contribution in [2.75, 3.05) is 5.75 Å². The van der Waals surface area contributed by atoms with E-state index in [-0.39, 0.29) is 24.3 Å². The number of imidazole rings is 1. The standard InChI is InChI=1S/C20H21N3O3S/c1-14(2)21-19(24)13-27-17-8-4-3-7-16(17)20(25)26-12-15-11-23-10-6-5-9-18(23)22-15/h3-11,14H,12-13H2,1-2H3,(H,21,24). The maximum absolute atomic E-state index is 12.5. The molecule has 27 heavy (non-hydrogen) atoms. The molecule has 3 aromatic rings. The molecule has 2 heterocycles. The summed E-state index contributed by atoms with van der Waals surface area (Å²) in [6.07, 6.45) is 3.72. The SMILES string of the molecule is CC(C)NC(=O)CSc1ccccc1C(=O)OCc1cn2ccccc2n1. The molecule has 1 aromatic carbocycles. The zero-order valence-electron chi connectivity index (χ0n) is 15.2. The van der Waals surface area contributed by atoms with Gasteiger partial charge in [-0.25, -0.2) is 9.78 Å². The highest BCUT2D eigenvalue weighted by Crippen LogP contribution is 2.23. The number of benzene rings is 1. The van der Waals surface area contributed by atoms with E-state index in [1.54, 1.807) is 12.1 Å². The Bertz CT molecular complexity index is 919. The Morgan fingerprint density at radius 2 is 1.96 bits per heavy atom. The first-order valence-electron chi connectivity index (χ1n) is 8.64. The number of nitrogens with one attached hydrogen (secondary N) is 1. The maximum atomic E-state index is 12.5. The van der Waals surface area contributed by atoms with Crippen molar-refractivity contribution in [1.82, 2.24) is 14.7 Å². The molecule has 1 amide bonds. The predicted molar refractivity (Wildman–Crippen MR) is 105 cm³/mol. The molecule has 0 saturated carbocycles. The van der Waals surface area contributed by atoms with Crippen LogP contribution in [0.4, 0.5) is 0 Å². The van der Waals surface area contributed by atoms with Gasteiger partial charge in [-0.15, -0.1) is 11.8 Å². The third-order valence-corrected chi connectivity index (χ3v) is 4.75. The van der Waals surface area contributed by atoms with Crippen LogP contribution in [0, 0.1) is 0 Å². The number of rotatable bonds is 7. The number of hydrogen-bond acceptors (Lipinski definition) is 5. The Morgan fingerprint density at radius 1 is 1.19 bits per heavy atom. The van der Waals surface area contributed by atoms with E-state index in [9.17, 15) is 9.59 Å². The van der Waals surface area contributed by atoms with E-state index in [4.69, 9.17) is 4.74 Å². The van der Waals surface area contributed by atoms with Gasteiger partial charge in [0.05, 0.1) is 17.0 Å². The molecule has 0 aliphatic heterocycles. The molecule has 0 spiro atoms. The fourth-order valence-electron chi connectivity index (χ4n) is 2.54. The molecular formula is C20H21N3O3S. The van der Waals surface area contributed by atoms with Crippen molar-refractivity contribution in [1.29, 1.82) is 0 Å². The van der Waals surface area contributed by atoms with E-state index >= 15 is 0 Å². The highest BCUT2D eigenvalue weighted by atomic mass is 32.2. The lowest BCUT2D eigenvalue weighted by Crippen LogP contribution is -2.31. The number of carbonyl (C=O) groups is 2. The molecule has 6 nitrogen and oxygen atoms in total. The topological polar surface area (TPSA) is 72.7 Å². The summed E-state index contributed by atoms with van der Waals surface area (Å²) in [5, 5.41) is 2.83. The van der Waals surface area contributed by atoms with Gasteiger partial charge in [-0.1, -0.05) is 18.2 Å². The van der Waals surface area contributed by atoms with Crippen molar-refractivity contribution in [3.05, 3.63) is 66.1 Å². The molecule has 0 aliphatic carbocycles. The van der Waals surface area contributed by atoms with Crippen LogP contribution in [0.1, 0.15) is 29.9 Å². The van der Waals surface area contributed by atoms with Crippen LogP contribution in [0.3, 0.4) is 0 Å². The molecule has 0 atom stereocenters. The van der Waals surface area contributed by atoms with Crippen LogP contribution in [0.2, 0.25) is 0 Å². The monoisotopic (exact) mass is 383 g/mol. The Kier molecular flexibility index (Phi) is 6.13. The summed E-state index contributed by atoms with van der Waals surface area (Å²) in [6, 6.07) is 12.9. The van der Waals surface area contributed by atoms with Crippen LogP contribution in [-0.2, 0) is 16.1 Å². The highest BCUT2D eigenvalue weighted by Gasteiger charge is 2.15. The van der Waals surface area contributed by atoms with Gasteiger partial charge in [-0.3, -0.25) is 4.79 Å². The summed E-state index contributed by atoms with van der Waals surface area (Å²) in [4.78, 5) is 29.5. The normalized spacial score (nSPS) is 10.9. The minimum absolute atomic E-state index is 0.0668. The number of nitrogens with zero attached hydrogens (tertiary/aromatic N) is 2. The molecule has 0 radical (unpaired) electrons. The number of amides is 1. The number of pyridine rings is 1. The molecule has 0 fully saturated rings. The minimum Gasteiger partial charge on any atom is -0.455 e. The molecular weight excluding hydrogens is 362 g/mol. The average molecular weight is 383 g/mol. The summed E-state index contributed by atoms with van der Waals surface area (Å²) in [7, 11) is 0. The summed E-state index contributed by atoms with van der Waals surface area (Å²) in [5.74, 6) is -0.253. The fourth-order valence-corrected chi connectivity index (χ4v) is 3.39. The largest absolute Gasteiger partial charge is 0.455 e. The van der Waals surface area contributed by atoms with E-state index in [2.05, 4.69) is 10.3 Å². The molecule has 0 saturated heterocycles. The lowest BCUT2D eigenvalue weighted by atomic mass is 10.2. The molecule has 3 rings (SSSR count). The van der Waals surface area contributed by atoms with E-state index < -0.39 is 5.97 Å². The Morgan fingerprint density at radius 3 is 2.74 bits per heavy atom. The number of thioether (sulfide) groups is 1. The van der Waals surface area contributed by atoms with Gasteiger partial charge in [0.15, 0.2) is 0 Å². The lowest BCUT2D eigenvalue weighted by molar-refractivity contribution is -0.119. The second-order valence-corrected chi connectivity index (χ2v) is 7.30. The van der Waals surface area contributed by atoms with Crippen LogP contribution in [-0.4, -0.2) is 33.1 Å². The second-order valence-electron chi connectivity index (χ2n) is 6.28. The molecule has 0 unspecified atom stereocenters. The van der Waals surface area contributed by atoms with Crippen LogP contribution in [0.15, 0.2) is 59.8 Å². The minimum atomic E-state index is -0.431. The number of esters is 1. The van der Waals surface area contributed by atoms with Gasteiger partial charge < -0.3 is 14.5 Å². The zero-order chi connectivity index (χ0) is 19.2. The predicted octanol–water partition coefficient (Wildman–Crippen LogP) is 3.31. The summed E-state index contributed by atoms with van der Waals surface area (Å²) >= 11 is 1.32. The third kappa shape index (κ3) is 5.10. The van der Waals surface area contributed by atoms with Crippen LogP contribution in [0.25, 0.3) is 5.65 Å². The second kappa shape index (κ2) is 8.73. The average Bonchev–Trinajstić information content (AvgIpc) is 3.07. The first kappa shape index (κ1) is 19.0. The summed E-state index contributed by atoms with van der Waals surface area (Å²) < 4.78 is 7.30. The van der Waals surface area contributed by atoms with Crippen molar-refractivity contribution >= 4 is 29.3 Å². The van der Waals surface area contributed by atoms with Gasteiger partial charge in [0.2, 0.25) is 5.91 Å². The van der Waals surface area contributed by atoms with E-state index in [0.717, 1.165) is 10.5 Å². The van der Waals surface area contributed by atoms with E-state index in [0.29, 0.717) is 11.3 Å². The van der Waals surface area contributed by atoms with Crippen LogP contribution >= 0.6 is 11.8 Å². The first-order chi connectivity index (χ1) is 13.0. The van der Waals surface area contributed by atoms with Gasteiger partial charge in [-0.05, 0) is 38.1 Å². The van der Waals surface area contributed by atoms with Crippen molar-refractivity contribution in [2.45, 2.75) is 31.4 Å². The van der Waals surface area contributed by atoms with Crippen molar-refractivity contribution < 1.29 is 14.3 Å².